The molecule has 1 amide bonds. The average Bonchev–Trinajstić information content (AvgIpc) is 3.00. The Morgan fingerprint density at radius 3 is 2.81 bits per heavy atom. The van der Waals surface area contributed by atoms with E-state index in [0.29, 0.717) is 12.1 Å². The minimum atomic E-state index is -0.204. The van der Waals surface area contributed by atoms with E-state index in [1.165, 1.54) is 4.68 Å². The molecule has 0 unspecified atom stereocenters. The van der Waals surface area contributed by atoms with Gasteiger partial charge in [-0.1, -0.05) is 18.2 Å². The molecule has 8 heteroatoms. The Bertz CT molecular complexity index is 1030. The van der Waals surface area contributed by atoms with Crippen LogP contribution in [-0.4, -0.2) is 64.5 Å². The van der Waals surface area contributed by atoms with Gasteiger partial charge in [0.15, 0.2) is 0 Å². The van der Waals surface area contributed by atoms with Crippen LogP contribution in [0.2, 0.25) is 0 Å². The summed E-state index contributed by atoms with van der Waals surface area (Å²) >= 11 is 0. The Balaban J connectivity index is 1.56. The summed E-state index contributed by atoms with van der Waals surface area (Å²) in [5.74, 6) is -0.107. The molecule has 4 rings (SSSR count). The summed E-state index contributed by atoms with van der Waals surface area (Å²) < 4.78 is 8.42. The molecule has 2 aromatic heterocycles. The highest BCUT2D eigenvalue weighted by Crippen LogP contribution is 2.25. The Hall–Kier alpha value is -2.71. The number of nitrogens with zero attached hydrogens (tertiary/aromatic N) is 4. The van der Waals surface area contributed by atoms with E-state index < -0.39 is 0 Å². The summed E-state index contributed by atoms with van der Waals surface area (Å²) in [5.41, 5.74) is 1.17. The van der Waals surface area contributed by atoms with Crippen molar-refractivity contribution in [3.05, 3.63) is 40.8 Å². The van der Waals surface area contributed by atoms with Gasteiger partial charge in [0.05, 0.1) is 19.4 Å². The Labute approximate surface area is 156 Å². The zero-order valence-corrected chi connectivity index (χ0v) is 15.4. The number of hydrogen-bond acceptors (Lipinski definition) is 5. The molecule has 0 radical (unpaired) electrons. The summed E-state index contributed by atoms with van der Waals surface area (Å²) in [4.78, 5) is 27.5. The predicted molar refractivity (Wildman–Crippen MR) is 103 cm³/mol. The van der Waals surface area contributed by atoms with Crippen LogP contribution in [0, 0.1) is 0 Å². The highest BCUT2D eigenvalue weighted by atomic mass is 16.5. The number of fused-ring (bicyclic) bond motifs is 3. The van der Waals surface area contributed by atoms with Crippen molar-refractivity contribution < 1.29 is 9.53 Å². The van der Waals surface area contributed by atoms with Crippen LogP contribution in [0.1, 0.15) is 0 Å². The Morgan fingerprint density at radius 1 is 1.22 bits per heavy atom. The number of rotatable bonds is 5. The van der Waals surface area contributed by atoms with E-state index in [-0.39, 0.29) is 18.0 Å². The van der Waals surface area contributed by atoms with Gasteiger partial charge in [-0.05, 0) is 6.07 Å². The minimum absolute atomic E-state index is 0.104. The lowest BCUT2D eigenvalue weighted by Gasteiger charge is -2.26. The number of morpholine rings is 1. The molecule has 0 spiro atoms. The van der Waals surface area contributed by atoms with Crippen molar-refractivity contribution in [1.82, 2.24) is 24.6 Å². The van der Waals surface area contributed by atoms with Crippen LogP contribution in [-0.2, 0) is 23.1 Å². The summed E-state index contributed by atoms with van der Waals surface area (Å²) in [7, 11) is 1.62. The molecule has 142 valence electrons. The van der Waals surface area contributed by atoms with E-state index in [1.54, 1.807) is 17.8 Å². The summed E-state index contributed by atoms with van der Waals surface area (Å²) in [6.07, 6.45) is 1.69. The lowest BCUT2D eigenvalue weighted by Crippen LogP contribution is -2.41. The molecular formula is C19H23N5O3. The third-order valence-electron chi connectivity index (χ3n) is 5.02. The molecule has 3 heterocycles. The number of para-hydroxylation sites is 1. The van der Waals surface area contributed by atoms with Crippen LogP contribution < -0.4 is 10.9 Å². The maximum Gasteiger partial charge on any atom is 0.291 e. The molecule has 1 aliphatic rings. The fourth-order valence-electron chi connectivity index (χ4n) is 3.58. The molecular weight excluding hydrogens is 346 g/mol. The number of hydrogen-bond donors (Lipinski definition) is 1. The first-order chi connectivity index (χ1) is 13.1. The lowest BCUT2D eigenvalue weighted by molar-refractivity contribution is -0.121. The fraction of sp³-hybridized carbons (Fsp3) is 0.421. The van der Waals surface area contributed by atoms with Gasteiger partial charge < -0.3 is 14.6 Å². The van der Waals surface area contributed by atoms with Crippen LogP contribution >= 0.6 is 0 Å². The summed E-state index contributed by atoms with van der Waals surface area (Å²) in [5, 5.41) is 8.79. The van der Waals surface area contributed by atoms with Gasteiger partial charge >= 0.3 is 0 Å². The number of carbonyl (C=O) groups is 1. The molecule has 1 N–H and O–H groups in total. The molecule has 27 heavy (non-hydrogen) atoms. The van der Waals surface area contributed by atoms with Gasteiger partial charge in [-0.3, -0.25) is 14.5 Å². The predicted octanol–water partition coefficient (Wildman–Crippen LogP) is 0.337. The summed E-state index contributed by atoms with van der Waals surface area (Å²) in [6, 6.07) is 7.71. The van der Waals surface area contributed by atoms with Crippen molar-refractivity contribution >= 4 is 27.7 Å². The van der Waals surface area contributed by atoms with Crippen molar-refractivity contribution in [2.75, 3.05) is 39.4 Å². The molecule has 0 saturated carbocycles. The van der Waals surface area contributed by atoms with Crippen LogP contribution in [0.3, 0.4) is 0 Å². The number of aryl methyl sites for hydroxylation is 1. The van der Waals surface area contributed by atoms with Gasteiger partial charge in [-0.2, -0.15) is 5.10 Å². The molecule has 0 atom stereocenters. The maximum absolute atomic E-state index is 12.7. The Morgan fingerprint density at radius 2 is 2.00 bits per heavy atom. The van der Waals surface area contributed by atoms with E-state index in [4.69, 9.17) is 4.74 Å². The van der Waals surface area contributed by atoms with E-state index >= 15 is 0 Å². The van der Waals surface area contributed by atoms with E-state index in [0.717, 1.165) is 49.1 Å². The van der Waals surface area contributed by atoms with E-state index in [1.807, 2.05) is 24.3 Å². The number of aromatic nitrogens is 3. The number of amides is 1. The second-order valence-electron chi connectivity index (χ2n) is 6.74. The number of carbonyl (C=O) groups excluding carboxylic acids is 1. The molecule has 0 bridgehead atoms. The average molecular weight is 369 g/mol. The van der Waals surface area contributed by atoms with E-state index in [9.17, 15) is 9.59 Å². The maximum atomic E-state index is 12.7. The number of ether oxygens (including phenoxy) is 1. The van der Waals surface area contributed by atoms with E-state index in [2.05, 4.69) is 15.3 Å². The van der Waals surface area contributed by atoms with Gasteiger partial charge in [0, 0.05) is 49.5 Å². The zero-order valence-electron chi connectivity index (χ0n) is 15.4. The molecule has 0 aliphatic carbocycles. The standard InChI is InChI=1S/C19H23N5O3/c1-22-19(26)18-15(12-21-22)14-4-2-3-5-16(14)24(18)13-17(25)20-6-7-23-8-10-27-11-9-23/h2-5,12H,6-11,13H2,1H3,(H,20,25). The highest BCUT2D eigenvalue weighted by Gasteiger charge is 2.17. The van der Waals surface area contributed by atoms with Gasteiger partial charge in [0.1, 0.15) is 12.1 Å². The first-order valence-electron chi connectivity index (χ1n) is 9.15. The lowest BCUT2D eigenvalue weighted by atomic mass is 10.2. The van der Waals surface area contributed by atoms with Crippen LogP contribution in [0.4, 0.5) is 0 Å². The molecule has 1 fully saturated rings. The first kappa shape index (κ1) is 17.7. The monoisotopic (exact) mass is 369 g/mol. The molecule has 3 aromatic rings. The molecule has 1 saturated heterocycles. The SMILES string of the molecule is Cn1ncc2c3ccccc3n(CC(=O)NCCN3CCOCC3)c2c1=O. The molecule has 8 nitrogen and oxygen atoms in total. The first-order valence-corrected chi connectivity index (χ1v) is 9.15. The largest absolute Gasteiger partial charge is 0.379 e. The molecule has 1 aromatic carbocycles. The Kier molecular flexibility index (Phi) is 4.91. The fourth-order valence-corrected chi connectivity index (χ4v) is 3.58. The van der Waals surface area contributed by atoms with Crippen molar-refractivity contribution in [3.63, 3.8) is 0 Å². The van der Waals surface area contributed by atoms with Crippen molar-refractivity contribution in [1.29, 1.82) is 0 Å². The highest BCUT2D eigenvalue weighted by molar-refractivity contribution is 6.07. The van der Waals surface area contributed by atoms with Gasteiger partial charge in [0.2, 0.25) is 5.91 Å². The van der Waals surface area contributed by atoms with Gasteiger partial charge in [-0.25, -0.2) is 4.68 Å². The normalized spacial score (nSPS) is 15.4. The third-order valence-corrected chi connectivity index (χ3v) is 5.02. The van der Waals surface area contributed by atoms with Gasteiger partial charge in [-0.15, -0.1) is 0 Å². The molecule has 1 aliphatic heterocycles. The zero-order chi connectivity index (χ0) is 18.8. The minimum Gasteiger partial charge on any atom is -0.379 e. The number of benzene rings is 1. The van der Waals surface area contributed by atoms with Crippen molar-refractivity contribution in [3.8, 4) is 0 Å². The quantitative estimate of drug-likeness (QED) is 0.701. The smallest absolute Gasteiger partial charge is 0.291 e. The van der Waals surface area contributed by atoms with Crippen LogP contribution in [0.15, 0.2) is 35.3 Å². The second kappa shape index (κ2) is 7.50. The number of nitrogens with one attached hydrogen (secondary N) is 1. The summed E-state index contributed by atoms with van der Waals surface area (Å²) in [6.45, 7) is 4.76. The van der Waals surface area contributed by atoms with Crippen LogP contribution in [0.25, 0.3) is 21.8 Å². The topological polar surface area (TPSA) is 81.4 Å². The van der Waals surface area contributed by atoms with Crippen LogP contribution in [0.5, 0.6) is 0 Å². The van der Waals surface area contributed by atoms with Crippen molar-refractivity contribution in [2.24, 2.45) is 7.05 Å². The van der Waals surface area contributed by atoms with Gasteiger partial charge in [0.25, 0.3) is 5.56 Å². The van der Waals surface area contributed by atoms with Crippen molar-refractivity contribution in [2.45, 2.75) is 6.54 Å². The third kappa shape index (κ3) is 3.45. The second-order valence-corrected chi connectivity index (χ2v) is 6.74.